The van der Waals surface area contributed by atoms with Crippen molar-refractivity contribution in [2.45, 2.75) is 19.5 Å². The molecule has 0 fully saturated rings. The normalized spacial score (nSPS) is 11.7. The minimum Gasteiger partial charge on any atom is -0.368 e. The molecule has 2 aromatic rings. The number of rotatable bonds is 6. The van der Waals surface area contributed by atoms with Crippen LogP contribution in [0.15, 0.2) is 41.0 Å². The van der Waals surface area contributed by atoms with E-state index in [2.05, 4.69) is 31.7 Å². The molecule has 7 nitrogen and oxygen atoms in total. The van der Waals surface area contributed by atoms with Gasteiger partial charge in [-0.15, -0.1) is 0 Å². The van der Waals surface area contributed by atoms with Gasteiger partial charge >= 0.3 is 0 Å². The summed E-state index contributed by atoms with van der Waals surface area (Å²) in [5.74, 6) is -0.171. The lowest BCUT2D eigenvalue weighted by Crippen LogP contribution is -2.32. The van der Waals surface area contributed by atoms with Gasteiger partial charge in [-0.1, -0.05) is 22.0 Å². The first-order valence-electron chi connectivity index (χ1n) is 6.59. The maximum atomic E-state index is 12.1. The van der Waals surface area contributed by atoms with Gasteiger partial charge in [-0.05, 0) is 25.1 Å². The topological polar surface area (TPSA) is 102 Å². The quantitative estimate of drug-likeness (QED) is 0.722. The number of nitrogens with two attached hydrogens (primary N) is 1. The molecule has 2 amide bonds. The van der Waals surface area contributed by atoms with Gasteiger partial charge < -0.3 is 16.4 Å². The van der Waals surface area contributed by atoms with Crippen LogP contribution in [0.3, 0.4) is 0 Å². The molecular formula is C14H16BrN5O2. The van der Waals surface area contributed by atoms with E-state index >= 15 is 0 Å². The van der Waals surface area contributed by atoms with E-state index < -0.39 is 11.9 Å². The second kappa shape index (κ2) is 7.08. The highest BCUT2D eigenvalue weighted by molar-refractivity contribution is 9.10. The van der Waals surface area contributed by atoms with Crippen molar-refractivity contribution in [3.63, 3.8) is 0 Å². The van der Waals surface area contributed by atoms with Crippen LogP contribution in [0.5, 0.6) is 0 Å². The fraction of sp³-hybridized carbons (Fsp3) is 0.214. The van der Waals surface area contributed by atoms with E-state index in [1.165, 1.54) is 4.68 Å². The van der Waals surface area contributed by atoms with Crippen molar-refractivity contribution < 1.29 is 9.59 Å². The number of hydrogen-bond acceptors (Lipinski definition) is 4. The summed E-state index contributed by atoms with van der Waals surface area (Å²) < 4.78 is 2.29. The first kappa shape index (κ1) is 16.0. The lowest BCUT2D eigenvalue weighted by Gasteiger charge is -2.13. The second-order valence-electron chi connectivity index (χ2n) is 4.73. The molecule has 22 heavy (non-hydrogen) atoms. The molecule has 1 aromatic heterocycles. The Kier molecular flexibility index (Phi) is 5.16. The van der Waals surface area contributed by atoms with Gasteiger partial charge in [0.05, 0.1) is 0 Å². The third-order valence-corrected chi connectivity index (χ3v) is 3.30. The average molecular weight is 366 g/mol. The summed E-state index contributed by atoms with van der Waals surface area (Å²) in [6.07, 6.45) is 1.62. The van der Waals surface area contributed by atoms with Gasteiger partial charge in [0, 0.05) is 22.4 Å². The number of nitrogens with one attached hydrogen (secondary N) is 2. The predicted molar refractivity (Wildman–Crippen MR) is 87.3 cm³/mol. The molecule has 0 aliphatic heterocycles. The van der Waals surface area contributed by atoms with Crippen LogP contribution in [0.25, 0.3) is 0 Å². The van der Waals surface area contributed by atoms with Crippen LogP contribution in [-0.2, 0) is 16.1 Å². The highest BCUT2D eigenvalue weighted by Gasteiger charge is 2.14. The van der Waals surface area contributed by atoms with Crippen LogP contribution >= 0.6 is 15.9 Å². The summed E-state index contributed by atoms with van der Waals surface area (Å²) in [5, 5.41) is 9.88. The fourth-order valence-corrected chi connectivity index (χ4v) is 2.19. The van der Waals surface area contributed by atoms with Crippen LogP contribution in [0, 0.1) is 0 Å². The van der Waals surface area contributed by atoms with Crippen molar-refractivity contribution in [3.05, 3.63) is 41.0 Å². The molecule has 4 N–H and O–H groups in total. The fourth-order valence-electron chi connectivity index (χ4n) is 1.79. The Balaban J connectivity index is 1.93. The van der Waals surface area contributed by atoms with Crippen molar-refractivity contribution in [2.24, 2.45) is 5.73 Å². The molecule has 1 heterocycles. The number of amides is 2. The van der Waals surface area contributed by atoms with Crippen LogP contribution in [-0.4, -0.2) is 27.6 Å². The molecule has 0 spiro atoms. The van der Waals surface area contributed by atoms with Crippen LogP contribution < -0.4 is 16.4 Å². The van der Waals surface area contributed by atoms with E-state index in [0.717, 1.165) is 4.47 Å². The third kappa shape index (κ3) is 4.59. The van der Waals surface area contributed by atoms with Gasteiger partial charge in [0.1, 0.15) is 18.4 Å². The van der Waals surface area contributed by atoms with Gasteiger partial charge in [-0.25, -0.2) is 0 Å². The van der Waals surface area contributed by atoms with E-state index in [0.29, 0.717) is 11.5 Å². The van der Waals surface area contributed by atoms with Gasteiger partial charge in [0.2, 0.25) is 11.8 Å². The SMILES string of the molecule is C[C@@H](Nc1ccn(CC(N)=O)n1)C(=O)Nc1cccc(Br)c1. The second-order valence-corrected chi connectivity index (χ2v) is 5.65. The van der Waals surface area contributed by atoms with Gasteiger partial charge in [0.25, 0.3) is 0 Å². The Bertz CT molecular complexity index is 685. The number of halogens is 1. The van der Waals surface area contributed by atoms with Crippen molar-refractivity contribution in [1.29, 1.82) is 0 Å². The summed E-state index contributed by atoms with van der Waals surface area (Å²) in [4.78, 5) is 22.9. The van der Waals surface area contributed by atoms with Crippen LogP contribution in [0.4, 0.5) is 11.5 Å². The average Bonchev–Trinajstić information content (AvgIpc) is 2.85. The molecule has 0 bridgehead atoms. The lowest BCUT2D eigenvalue weighted by atomic mass is 10.2. The summed E-state index contributed by atoms with van der Waals surface area (Å²) in [7, 11) is 0. The van der Waals surface area contributed by atoms with Gasteiger partial charge in [-0.3, -0.25) is 14.3 Å². The molecular weight excluding hydrogens is 350 g/mol. The van der Waals surface area contributed by atoms with Crippen molar-refractivity contribution in [3.8, 4) is 0 Å². The number of carbonyl (C=O) groups is 2. The number of benzene rings is 1. The smallest absolute Gasteiger partial charge is 0.246 e. The zero-order valence-electron chi connectivity index (χ0n) is 11.9. The summed E-state index contributed by atoms with van der Waals surface area (Å²) in [6, 6.07) is 8.51. The van der Waals surface area contributed by atoms with Crippen molar-refractivity contribution >= 4 is 39.2 Å². The zero-order chi connectivity index (χ0) is 16.1. The first-order valence-corrected chi connectivity index (χ1v) is 7.38. The Hall–Kier alpha value is -2.35. The summed E-state index contributed by atoms with van der Waals surface area (Å²) in [6.45, 7) is 1.72. The largest absolute Gasteiger partial charge is 0.368 e. The molecule has 1 aromatic carbocycles. The van der Waals surface area contributed by atoms with E-state index in [4.69, 9.17) is 5.73 Å². The van der Waals surface area contributed by atoms with Crippen molar-refractivity contribution in [2.75, 3.05) is 10.6 Å². The molecule has 116 valence electrons. The third-order valence-electron chi connectivity index (χ3n) is 2.81. The number of primary amides is 1. The zero-order valence-corrected chi connectivity index (χ0v) is 13.5. The Morgan fingerprint density at radius 1 is 1.41 bits per heavy atom. The van der Waals surface area contributed by atoms with E-state index in [-0.39, 0.29) is 12.5 Å². The molecule has 0 aliphatic carbocycles. The van der Waals surface area contributed by atoms with Gasteiger partial charge in [0.15, 0.2) is 0 Å². The minimum atomic E-state index is -0.490. The minimum absolute atomic E-state index is 0.000297. The number of carbonyl (C=O) groups excluding carboxylic acids is 2. The van der Waals surface area contributed by atoms with E-state index in [1.807, 2.05) is 18.2 Å². The number of anilines is 2. The monoisotopic (exact) mass is 365 g/mol. The van der Waals surface area contributed by atoms with Gasteiger partial charge in [-0.2, -0.15) is 5.10 Å². The number of hydrogen-bond donors (Lipinski definition) is 3. The molecule has 0 saturated heterocycles. The van der Waals surface area contributed by atoms with Crippen LogP contribution in [0.2, 0.25) is 0 Å². The highest BCUT2D eigenvalue weighted by atomic mass is 79.9. The number of aromatic nitrogens is 2. The first-order chi connectivity index (χ1) is 10.4. The number of nitrogens with zero attached hydrogens (tertiary/aromatic N) is 2. The standard InChI is InChI=1S/C14H16BrN5O2/c1-9(14(22)18-11-4-2-3-10(15)7-11)17-13-5-6-20(19-13)8-12(16)21/h2-7,9H,8H2,1H3,(H2,16,21)(H,17,19)(H,18,22)/t9-/m1/s1. The molecule has 0 unspecified atom stereocenters. The maximum Gasteiger partial charge on any atom is 0.246 e. The lowest BCUT2D eigenvalue weighted by molar-refractivity contribution is -0.119. The van der Waals surface area contributed by atoms with E-state index in [1.54, 1.807) is 25.3 Å². The molecule has 0 aliphatic rings. The summed E-state index contributed by atoms with van der Waals surface area (Å²) >= 11 is 3.35. The Labute approximate surface area is 136 Å². The van der Waals surface area contributed by atoms with Crippen LogP contribution in [0.1, 0.15) is 6.92 Å². The molecule has 1 atom stereocenters. The summed E-state index contributed by atoms with van der Waals surface area (Å²) in [5.41, 5.74) is 5.79. The Morgan fingerprint density at radius 2 is 2.18 bits per heavy atom. The molecule has 0 saturated carbocycles. The Morgan fingerprint density at radius 3 is 2.86 bits per heavy atom. The van der Waals surface area contributed by atoms with E-state index in [9.17, 15) is 9.59 Å². The maximum absolute atomic E-state index is 12.1. The predicted octanol–water partition coefficient (Wildman–Crippen LogP) is 1.57. The molecule has 8 heteroatoms. The molecule has 2 rings (SSSR count). The highest BCUT2D eigenvalue weighted by Crippen LogP contribution is 2.16. The van der Waals surface area contributed by atoms with Crippen molar-refractivity contribution in [1.82, 2.24) is 9.78 Å². The molecule has 0 radical (unpaired) electrons.